The van der Waals surface area contributed by atoms with Gasteiger partial charge in [0.15, 0.2) is 22.5 Å². The van der Waals surface area contributed by atoms with E-state index in [-0.39, 0.29) is 53.4 Å². The van der Waals surface area contributed by atoms with Crippen LogP contribution in [0.3, 0.4) is 0 Å². The van der Waals surface area contributed by atoms with Crippen LogP contribution in [-0.4, -0.2) is 59.6 Å². The van der Waals surface area contributed by atoms with Gasteiger partial charge in [0, 0.05) is 6.54 Å². The number of nitrogens with zero attached hydrogens (tertiary/aromatic N) is 3. The molecular formula is C28H40Cl2N6O4. The first-order valence-corrected chi connectivity index (χ1v) is 14.1. The number of ether oxygens (including phenoxy) is 2. The number of hydrogen-bond donors (Lipinski definition) is 3. The van der Waals surface area contributed by atoms with E-state index in [2.05, 4.69) is 20.2 Å². The zero-order valence-corrected chi connectivity index (χ0v) is 24.6. The van der Waals surface area contributed by atoms with Crippen LogP contribution in [0.5, 0.6) is 5.75 Å². The van der Waals surface area contributed by atoms with Gasteiger partial charge in [-0.3, -0.25) is 9.59 Å². The van der Waals surface area contributed by atoms with E-state index in [9.17, 15) is 9.59 Å². The van der Waals surface area contributed by atoms with E-state index in [1.165, 1.54) is 6.42 Å². The van der Waals surface area contributed by atoms with E-state index in [1.54, 1.807) is 7.11 Å². The molecule has 40 heavy (non-hydrogen) atoms. The number of piperidine rings is 1. The number of benzene rings is 1. The summed E-state index contributed by atoms with van der Waals surface area (Å²) in [4.78, 5) is 37.6. The minimum absolute atomic E-state index is 0. The van der Waals surface area contributed by atoms with Crippen LogP contribution >= 0.6 is 24.0 Å². The molecule has 1 unspecified atom stereocenters. The van der Waals surface area contributed by atoms with E-state index < -0.39 is 11.4 Å². The molecule has 1 amide bonds. The second kappa shape index (κ2) is 14.7. The van der Waals surface area contributed by atoms with Gasteiger partial charge in [-0.1, -0.05) is 36.6 Å². The van der Waals surface area contributed by atoms with Gasteiger partial charge in [-0.05, 0) is 75.7 Å². The predicted molar refractivity (Wildman–Crippen MR) is 158 cm³/mol. The number of carbonyl (C=O) groups excluding carboxylic acids is 2. The minimum Gasteiger partial charge on any atom is -0.497 e. The summed E-state index contributed by atoms with van der Waals surface area (Å²) in [6.45, 7) is 2.64. The lowest BCUT2D eigenvalue weighted by Crippen LogP contribution is -2.50. The Morgan fingerprint density at radius 3 is 2.33 bits per heavy atom. The van der Waals surface area contributed by atoms with E-state index >= 15 is 0 Å². The third-order valence-corrected chi connectivity index (χ3v) is 7.99. The summed E-state index contributed by atoms with van der Waals surface area (Å²) in [6, 6.07) is 7.37. The Morgan fingerprint density at radius 1 is 1.02 bits per heavy atom. The van der Waals surface area contributed by atoms with Crippen LogP contribution in [0.15, 0.2) is 24.3 Å². The number of likely N-dealkylation sites (tertiary alicyclic amines) is 1. The Labute approximate surface area is 246 Å². The van der Waals surface area contributed by atoms with Crippen molar-refractivity contribution >= 4 is 47.5 Å². The van der Waals surface area contributed by atoms with Gasteiger partial charge in [-0.15, -0.1) is 12.4 Å². The lowest BCUT2D eigenvalue weighted by molar-refractivity contribution is -0.152. The molecule has 12 heteroatoms. The van der Waals surface area contributed by atoms with Crippen molar-refractivity contribution in [2.75, 3.05) is 38.2 Å². The molecule has 1 aromatic carbocycles. The lowest BCUT2D eigenvalue weighted by Gasteiger charge is -2.38. The van der Waals surface area contributed by atoms with Gasteiger partial charge in [-0.25, -0.2) is 9.97 Å². The molecule has 1 atom stereocenters. The maximum atomic E-state index is 13.7. The van der Waals surface area contributed by atoms with Crippen LogP contribution in [0.4, 0.5) is 11.6 Å². The predicted octanol–water partition coefficient (Wildman–Crippen LogP) is 4.49. The molecule has 220 valence electrons. The molecule has 1 aromatic heterocycles. The number of aromatic nitrogens is 2. The van der Waals surface area contributed by atoms with Gasteiger partial charge in [0.1, 0.15) is 11.9 Å². The molecule has 2 aliphatic rings. The third kappa shape index (κ3) is 8.11. The molecule has 0 bridgehead atoms. The maximum absolute atomic E-state index is 13.7. The number of carbonyl (C=O) groups is 2. The smallest absolute Gasteiger partial charge is 0.308 e. The monoisotopic (exact) mass is 594 g/mol. The van der Waals surface area contributed by atoms with Crippen molar-refractivity contribution in [2.45, 2.75) is 75.9 Å². The SMILES string of the molecule is COc1ccc(C(CCN2CCCCC2)(CC(=O)OC2CCCCC2)NC(=O)c2nc(Cl)c(N)nc2N)cc1.Cl. The number of hydrogen-bond acceptors (Lipinski definition) is 9. The summed E-state index contributed by atoms with van der Waals surface area (Å²) in [5.41, 5.74) is 11.2. The van der Waals surface area contributed by atoms with Gasteiger partial charge in [0.25, 0.3) is 5.91 Å². The Kier molecular flexibility index (Phi) is 11.7. The van der Waals surface area contributed by atoms with E-state index in [4.69, 9.17) is 32.5 Å². The van der Waals surface area contributed by atoms with Gasteiger partial charge in [-0.2, -0.15) is 0 Å². The number of rotatable bonds is 10. The highest BCUT2D eigenvalue weighted by molar-refractivity contribution is 6.31. The number of halogens is 2. The summed E-state index contributed by atoms with van der Waals surface area (Å²) >= 11 is 6.08. The minimum atomic E-state index is -1.10. The number of nitrogens with two attached hydrogens (primary N) is 2. The Morgan fingerprint density at radius 2 is 1.68 bits per heavy atom. The first-order chi connectivity index (χ1) is 18.8. The second-order valence-electron chi connectivity index (χ2n) is 10.5. The van der Waals surface area contributed by atoms with Crippen molar-refractivity contribution in [3.8, 4) is 5.75 Å². The largest absolute Gasteiger partial charge is 0.497 e. The third-order valence-electron chi connectivity index (χ3n) is 7.72. The van der Waals surface area contributed by atoms with Crippen LogP contribution in [0.1, 0.15) is 80.3 Å². The van der Waals surface area contributed by atoms with Gasteiger partial charge in [0.2, 0.25) is 0 Å². The fraction of sp³-hybridized carbons (Fsp3) is 0.571. The van der Waals surface area contributed by atoms with E-state index in [0.717, 1.165) is 63.6 Å². The average molecular weight is 596 g/mol. The lowest BCUT2D eigenvalue weighted by atomic mass is 9.82. The molecule has 5 N–H and O–H groups in total. The summed E-state index contributed by atoms with van der Waals surface area (Å²) in [5, 5.41) is 2.99. The van der Waals surface area contributed by atoms with Crippen LogP contribution in [0.2, 0.25) is 5.15 Å². The number of methoxy groups -OCH3 is 1. The molecule has 1 saturated carbocycles. The number of nitrogen functional groups attached to an aromatic ring is 2. The first kappa shape index (κ1) is 31.7. The standard InChI is InChI=1S/C28H39ClN6O4.ClH/c1-38-20-12-10-19(11-13-20)28(14-17-35-15-6-3-7-16-35,18-22(36)39-21-8-4-2-5-9-21)34-27(37)23-25(30)33-26(31)24(29)32-23;/h10-13,21H,2-9,14-18H2,1H3,(H,34,37)(H4,30,31,33);1H. The van der Waals surface area contributed by atoms with Gasteiger partial charge >= 0.3 is 5.97 Å². The molecule has 10 nitrogen and oxygen atoms in total. The fourth-order valence-electron chi connectivity index (χ4n) is 5.50. The van der Waals surface area contributed by atoms with Crippen LogP contribution in [0, 0.1) is 0 Å². The quantitative estimate of drug-likeness (QED) is 0.338. The number of esters is 1. The molecule has 0 radical (unpaired) electrons. The fourth-order valence-corrected chi connectivity index (χ4v) is 5.62. The summed E-state index contributed by atoms with van der Waals surface area (Å²) in [5.74, 6) is -0.486. The van der Waals surface area contributed by atoms with Crippen LogP contribution < -0.4 is 21.5 Å². The molecule has 2 aromatic rings. The van der Waals surface area contributed by atoms with Crippen molar-refractivity contribution < 1.29 is 19.1 Å². The molecule has 1 saturated heterocycles. The molecule has 2 heterocycles. The molecule has 2 fully saturated rings. The van der Waals surface area contributed by atoms with E-state index in [0.29, 0.717) is 18.7 Å². The summed E-state index contributed by atoms with van der Waals surface area (Å²) < 4.78 is 11.3. The highest BCUT2D eigenvalue weighted by Gasteiger charge is 2.39. The van der Waals surface area contributed by atoms with Crippen LogP contribution in [0.25, 0.3) is 0 Å². The summed E-state index contributed by atoms with van der Waals surface area (Å²) in [6.07, 6.45) is 8.74. The highest BCUT2D eigenvalue weighted by atomic mass is 35.5. The highest BCUT2D eigenvalue weighted by Crippen LogP contribution is 2.34. The molecule has 1 aliphatic carbocycles. The maximum Gasteiger partial charge on any atom is 0.308 e. The zero-order chi connectivity index (χ0) is 27.8. The van der Waals surface area contributed by atoms with Crippen molar-refractivity contribution in [2.24, 2.45) is 0 Å². The Bertz CT molecular complexity index is 1140. The first-order valence-electron chi connectivity index (χ1n) is 13.8. The van der Waals surface area contributed by atoms with Crippen molar-refractivity contribution in [3.63, 3.8) is 0 Å². The summed E-state index contributed by atoms with van der Waals surface area (Å²) in [7, 11) is 1.59. The Balaban J connectivity index is 0.00000441. The number of amides is 1. The zero-order valence-electron chi connectivity index (χ0n) is 23.0. The molecule has 0 spiro atoms. The van der Waals surface area contributed by atoms with E-state index in [1.807, 2.05) is 24.3 Å². The van der Waals surface area contributed by atoms with Crippen molar-refractivity contribution in [1.82, 2.24) is 20.2 Å². The molecule has 4 rings (SSSR count). The van der Waals surface area contributed by atoms with Gasteiger partial charge < -0.3 is 31.2 Å². The normalized spacial score (nSPS) is 17.8. The van der Waals surface area contributed by atoms with Crippen LogP contribution in [-0.2, 0) is 15.1 Å². The topological polar surface area (TPSA) is 146 Å². The Hall–Kier alpha value is -2.82. The van der Waals surface area contributed by atoms with Crippen molar-refractivity contribution in [3.05, 3.63) is 40.7 Å². The molecule has 1 aliphatic heterocycles. The number of nitrogens with one attached hydrogen (secondary N) is 1. The number of anilines is 2. The van der Waals surface area contributed by atoms with Gasteiger partial charge in [0.05, 0.1) is 19.1 Å². The second-order valence-corrected chi connectivity index (χ2v) is 10.8. The van der Waals surface area contributed by atoms with Crippen molar-refractivity contribution in [1.29, 1.82) is 0 Å². The average Bonchev–Trinajstić information content (AvgIpc) is 2.94. The molecular weight excluding hydrogens is 555 g/mol.